The van der Waals surface area contributed by atoms with Gasteiger partial charge in [-0.05, 0) is 24.3 Å². The summed E-state index contributed by atoms with van der Waals surface area (Å²) in [4.78, 5) is 24.5. The number of rotatable bonds is 6. The van der Waals surface area contributed by atoms with Gasteiger partial charge in [0, 0.05) is 11.3 Å². The normalized spacial score (nSPS) is 11.6. The lowest BCUT2D eigenvalue weighted by molar-refractivity contribution is -0.885. The van der Waals surface area contributed by atoms with E-state index in [0.717, 1.165) is 11.4 Å². The van der Waals surface area contributed by atoms with Crippen LogP contribution < -0.4 is 10.2 Å². The van der Waals surface area contributed by atoms with Crippen molar-refractivity contribution in [2.75, 3.05) is 26.0 Å². The quantitative estimate of drug-likeness (QED) is 0.786. The van der Waals surface area contributed by atoms with Gasteiger partial charge in [0.2, 0.25) is 0 Å². The standard InChI is InChI=1S/C18H20N2O3/c1-20(12-14-6-4-3-5-7-14)13-17(21)19-16-10-8-15(9-11-16)18(22)23-2/h3-11H,12-13H2,1-2H3,(H,19,21)/p+1. The molecule has 2 rings (SSSR count). The highest BCUT2D eigenvalue weighted by Crippen LogP contribution is 2.10. The summed E-state index contributed by atoms with van der Waals surface area (Å²) < 4.78 is 4.64. The summed E-state index contributed by atoms with van der Waals surface area (Å²) in [7, 11) is 3.32. The van der Waals surface area contributed by atoms with Crippen LogP contribution in [0, 0.1) is 0 Å². The summed E-state index contributed by atoms with van der Waals surface area (Å²) in [5.74, 6) is -0.459. The summed E-state index contributed by atoms with van der Waals surface area (Å²) in [6.07, 6.45) is 0. The summed E-state index contributed by atoms with van der Waals surface area (Å²) in [6, 6.07) is 16.7. The maximum Gasteiger partial charge on any atom is 0.337 e. The number of methoxy groups -OCH3 is 1. The fourth-order valence-electron chi connectivity index (χ4n) is 2.29. The van der Waals surface area contributed by atoms with Crippen LogP contribution in [0.25, 0.3) is 0 Å². The first-order chi connectivity index (χ1) is 11.1. The molecule has 2 aromatic carbocycles. The highest BCUT2D eigenvalue weighted by atomic mass is 16.5. The van der Waals surface area contributed by atoms with E-state index in [1.54, 1.807) is 24.3 Å². The first-order valence-corrected chi connectivity index (χ1v) is 7.42. The number of carbonyl (C=O) groups is 2. The van der Waals surface area contributed by atoms with E-state index >= 15 is 0 Å². The van der Waals surface area contributed by atoms with Crippen molar-refractivity contribution in [3.8, 4) is 0 Å². The van der Waals surface area contributed by atoms with Crippen molar-refractivity contribution in [3.63, 3.8) is 0 Å². The van der Waals surface area contributed by atoms with Crippen molar-refractivity contribution in [2.45, 2.75) is 6.54 Å². The van der Waals surface area contributed by atoms with E-state index in [9.17, 15) is 9.59 Å². The molecular formula is C18H21N2O3+. The second kappa shape index (κ2) is 8.10. The molecule has 0 aromatic heterocycles. The predicted molar refractivity (Wildman–Crippen MR) is 88.3 cm³/mol. The maximum absolute atomic E-state index is 12.1. The van der Waals surface area contributed by atoms with E-state index in [1.165, 1.54) is 12.7 Å². The van der Waals surface area contributed by atoms with Gasteiger partial charge in [-0.25, -0.2) is 4.79 Å². The molecule has 0 bridgehead atoms. The number of benzene rings is 2. The molecule has 0 heterocycles. The molecule has 5 heteroatoms. The maximum atomic E-state index is 12.1. The zero-order chi connectivity index (χ0) is 16.7. The average molecular weight is 313 g/mol. The lowest BCUT2D eigenvalue weighted by atomic mass is 10.2. The van der Waals surface area contributed by atoms with Crippen molar-refractivity contribution < 1.29 is 19.2 Å². The van der Waals surface area contributed by atoms with Crippen LogP contribution in [0.1, 0.15) is 15.9 Å². The summed E-state index contributed by atoms with van der Waals surface area (Å²) in [5, 5.41) is 2.83. The SMILES string of the molecule is COC(=O)c1ccc(NC(=O)C[NH+](C)Cc2ccccc2)cc1. The summed E-state index contributed by atoms with van der Waals surface area (Å²) in [5.41, 5.74) is 2.31. The second-order valence-electron chi connectivity index (χ2n) is 5.41. The molecule has 1 unspecified atom stereocenters. The van der Waals surface area contributed by atoms with Gasteiger partial charge in [0.25, 0.3) is 5.91 Å². The van der Waals surface area contributed by atoms with Gasteiger partial charge in [-0.3, -0.25) is 4.79 Å². The van der Waals surface area contributed by atoms with E-state index in [1.807, 2.05) is 37.4 Å². The van der Waals surface area contributed by atoms with Gasteiger partial charge >= 0.3 is 5.97 Å². The Morgan fingerprint density at radius 2 is 1.70 bits per heavy atom. The van der Waals surface area contributed by atoms with E-state index in [4.69, 9.17) is 0 Å². The molecule has 120 valence electrons. The molecule has 2 aromatic rings. The van der Waals surface area contributed by atoms with Crippen molar-refractivity contribution in [1.29, 1.82) is 0 Å². The number of amides is 1. The third-order valence-corrected chi connectivity index (χ3v) is 3.40. The largest absolute Gasteiger partial charge is 0.465 e. The zero-order valence-electron chi connectivity index (χ0n) is 13.3. The minimum atomic E-state index is -0.394. The van der Waals surface area contributed by atoms with Gasteiger partial charge in [-0.1, -0.05) is 30.3 Å². The predicted octanol–water partition coefficient (Wildman–Crippen LogP) is 1.13. The molecule has 0 aliphatic carbocycles. The molecule has 0 saturated heterocycles. The first kappa shape index (κ1) is 16.7. The van der Waals surface area contributed by atoms with Gasteiger partial charge in [-0.2, -0.15) is 0 Å². The zero-order valence-corrected chi connectivity index (χ0v) is 13.3. The fraction of sp³-hybridized carbons (Fsp3) is 0.222. The lowest BCUT2D eigenvalue weighted by Crippen LogP contribution is -3.08. The Morgan fingerprint density at radius 3 is 2.30 bits per heavy atom. The minimum absolute atomic E-state index is 0.0655. The molecule has 1 atom stereocenters. The third kappa shape index (κ3) is 5.23. The highest BCUT2D eigenvalue weighted by Gasteiger charge is 2.11. The Morgan fingerprint density at radius 1 is 1.04 bits per heavy atom. The van der Waals surface area contributed by atoms with E-state index < -0.39 is 5.97 Å². The number of likely N-dealkylation sites (N-methyl/N-ethyl adjacent to an activating group) is 1. The van der Waals surface area contributed by atoms with Crippen LogP contribution in [0.2, 0.25) is 0 Å². The average Bonchev–Trinajstić information content (AvgIpc) is 2.55. The van der Waals surface area contributed by atoms with Crippen LogP contribution in [-0.2, 0) is 16.1 Å². The molecule has 5 nitrogen and oxygen atoms in total. The number of hydrogen-bond acceptors (Lipinski definition) is 3. The number of hydrogen-bond donors (Lipinski definition) is 2. The topological polar surface area (TPSA) is 59.8 Å². The highest BCUT2D eigenvalue weighted by molar-refractivity contribution is 5.93. The molecule has 0 saturated carbocycles. The van der Waals surface area contributed by atoms with Crippen molar-refractivity contribution in [1.82, 2.24) is 0 Å². The molecule has 23 heavy (non-hydrogen) atoms. The third-order valence-electron chi connectivity index (χ3n) is 3.40. The van der Waals surface area contributed by atoms with Crippen molar-refractivity contribution >= 4 is 17.6 Å². The van der Waals surface area contributed by atoms with Gasteiger partial charge in [0.1, 0.15) is 6.54 Å². The Kier molecular flexibility index (Phi) is 5.88. The number of ether oxygens (including phenoxy) is 1. The van der Waals surface area contributed by atoms with Gasteiger partial charge in [0.05, 0.1) is 19.7 Å². The minimum Gasteiger partial charge on any atom is -0.465 e. The summed E-state index contributed by atoms with van der Waals surface area (Å²) >= 11 is 0. The van der Waals surface area contributed by atoms with E-state index in [0.29, 0.717) is 17.8 Å². The van der Waals surface area contributed by atoms with Gasteiger partial charge in [-0.15, -0.1) is 0 Å². The number of carbonyl (C=O) groups excluding carboxylic acids is 2. The smallest absolute Gasteiger partial charge is 0.337 e. The molecule has 0 spiro atoms. The Labute approximate surface area is 135 Å². The van der Waals surface area contributed by atoms with Crippen molar-refractivity contribution in [2.24, 2.45) is 0 Å². The first-order valence-electron chi connectivity index (χ1n) is 7.42. The summed E-state index contributed by atoms with van der Waals surface area (Å²) in [6.45, 7) is 1.16. The number of esters is 1. The number of nitrogens with one attached hydrogen (secondary N) is 2. The Bertz CT molecular complexity index is 654. The molecule has 0 aliphatic heterocycles. The Balaban J connectivity index is 1.85. The number of quaternary nitrogens is 1. The van der Waals surface area contributed by atoms with Gasteiger partial charge < -0.3 is 15.0 Å². The lowest BCUT2D eigenvalue weighted by Gasteiger charge is -2.14. The van der Waals surface area contributed by atoms with Crippen LogP contribution in [0.5, 0.6) is 0 Å². The van der Waals surface area contributed by atoms with Crippen LogP contribution in [-0.4, -0.2) is 32.6 Å². The van der Waals surface area contributed by atoms with Crippen LogP contribution in [0.15, 0.2) is 54.6 Å². The molecular weight excluding hydrogens is 292 g/mol. The van der Waals surface area contributed by atoms with Crippen molar-refractivity contribution in [3.05, 3.63) is 65.7 Å². The monoisotopic (exact) mass is 313 g/mol. The number of anilines is 1. The Hall–Kier alpha value is -2.66. The van der Waals surface area contributed by atoms with Crippen LogP contribution in [0.4, 0.5) is 5.69 Å². The fourth-order valence-corrected chi connectivity index (χ4v) is 2.29. The second-order valence-corrected chi connectivity index (χ2v) is 5.41. The molecule has 0 aliphatic rings. The van der Waals surface area contributed by atoms with Crippen LogP contribution in [0.3, 0.4) is 0 Å². The van der Waals surface area contributed by atoms with E-state index in [-0.39, 0.29) is 5.91 Å². The van der Waals surface area contributed by atoms with Gasteiger partial charge in [0.15, 0.2) is 6.54 Å². The molecule has 0 radical (unpaired) electrons. The molecule has 2 N–H and O–H groups in total. The molecule has 0 fully saturated rings. The van der Waals surface area contributed by atoms with Crippen LogP contribution >= 0.6 is 0 Å². The molecule has 1 amide bonds. The van der Waals surface area contributed by atoms with E-state index in [2.05, 4.69) is 10.1 Å².